The van der Waals surface area contributed by atoms with Gasteiger partial charge in [-0.3, -0.25) is 19.7 Å². The number of primary amides is 1. The Bertz CT molecular complexity index is 1210. The quantitative estimate of drug-likeness (QED) is 0.339. The summed E-state index contributed by atoms with van der Waals surface area (Å²) >= 11 is 0. The van der Waals surface area contributed by atoms with Crippen LogP contribution >= 0.6 is 0 Å². The lowest BCUT2D eigenvalue weighted by molar-refractivity contribution is -0.384. The number of methoxy groups -OCH3 is 2. The number of ether oxygens (including phenoxy) is 4. The first-order valence-electron chi connectivity index (χ1n) is 9.81. The Balaban J connectivity index is 1.90. The molecule has 0 saturated heterocycles. The number of rotatable bonds is 10. The Hall–Kier alpha value is -4.80. The van der Waals surface area contributed by atoms with Gasteiger partial charge in [0, 0.05) is 23.9 Å². The molecular weight excluding hydrogens is 446 g/mol. The zero-order valence-electron chi connectivity index (χ0n) is 18.3. The number of nitro benzene ring substituents is 1. The van der Waals surface area contributed by atoms with Gasteiger partial charge in [-0.1, -0.05) is 0 Å². The molecule has 0 heterocycles. The van der Waals surface area contributed by atoms with Crippen LogP contribution in [-0.2, 0) is 4.79 Å². The third kappa shape index (κ3) is 5.91. The van der Waals surface area contributed by atoms with Gasteiger partial charge in [-0.25, -0.2) is 0 Å². The first-order chi connectivity index (χ1) is 16.3. The molecule has 11 nitrogen and oxygen atoms in total. The predicted octanol–water partition coefficient (Wildman–Crippen LogP) is 3.52. The lowest BCUT2D eigenvalue weighted by Gasteiger charge is -2.14. The average molecular weight is 467 g/mol. The minimum absolute atomic E-state index is 0.0690. The van der Waals surface area contributed by atoms with Gasteiger partial charge in [0.05, 0.1) is 24.7 Å². The van der Waals surface area contributed by atoms with Gasteiger partial charge < -0.3 is 30.0 Å². The summed E-state index contributed by atoms with van der Waals surface area (Å²) in [5.74, 6) is 0.253. The summed E-state index contributed by atoms with van der Waals surface area (Å²) in [5, 5.41) is 13.9. The maximum Gasteiger partial charge on any atom is 0.270 e. The average Bonchev–Trinajstić information content (AvgIpc) is 2.83. The molecule has 2 amide bonds. The highest BCUT2D eigenvalue weighted by Gasteiger charge is 2.19. The molecule has 0 bridgehead atoms. The summed E-state index contributed by atoms with van der Waals surface area (Å²) in [4.78, 5) is 34.7. The van der Waals surface area contributed by atoms with Gasteiger partial charge in [-0.15, -0.1) is 0 Å². The largest absolute Gasteiger partial charge is 0.497 e. The van der Waals surface area contributed by atoms with E-state index in [9.17, 15) is 19.7 Å². The molecule has 11 heteroatoms. The maximum atomic E-state index is 13.1. The van der Waals surface area contributed by atoms with Crippen molar-refractivity contribution in [3.8, 4) is 28.7 Å². The second-order valence-corrected chi connectivity index (χ2v) is 6.79. The van der Waals surface area contributed by atoms with Crippen LogP contribution in [0.25, 0.3) is 0 Å². The summed E-state index contributed by atoms with van der Waals surface area (Å²) in [6, 6.07) is 14.8. The van der Waals surface area contributed by atoms with Crippen LogP contribution in [0.15, 0.2) is 60.7 Å². The molecule has 3 N–H and O–H groups in total. The van der Waals surface area contributed by atoms with Crippen molar-refractivity contribution in [1.82, 2.24) is 0 Å². The van der Waals surface area contributed by atoms with E-state index in [2.05, 4.69) is 5.32 Å². The Morgan fingerprint density at radius 3 is 2.21 bits per heavy atom. The third-order valence-electron chi connectivity index (χ3n) is 4.50. The van der Waals surface area contributed by atoms with Crippen LogP contribution in [0.3, 0.4) is 0 Å². The zero-order valence-corrected chi connectivity index (χ0v) is 18.3. The van der Waals surface area contributed by atoms with E-state index in [-0.39, 0.29) is 28.4 Å². The van der Waals surface area contributed by atoms with Crippen molar-refractivity contribution in [2.24, 2.45) is 5.73 Å². The second kappa shape index (κ2) is 10.7. The first-order valence-corrected chi connectivity index (χ1v) is 9.81. The molecule has 0 unspecified atom stereocenters. The number of amides is 2. The van der Waals surface area contributed by atoms with E-state index in [0.29, 0.717) is 17.2 Å². The number of hydrogen-bond acceptors (Lipinski definition) is 8. The molecule has 0 aliphatic rings. The first kappa shape index (κ1) is 23.9. The number of nitrogens with one attached hydrogen (secondary N) is 1. The van der Waals surface area contributed by atoms with E-state index in [4.69, 9.17) is 24.7 Å². The smallest absolute Gasteiger partial charge is 0.270 e. The monoisotopic (exact) mass is 467 g/mol. The molecule has 0 aliphatic heterocycles. The van der Waals surface area contributed by atoms with Crippen molar-refractivity contribution in [2.75, 3.05) is 26.1 Å². The Morgan fingerprint density at radius 1 is 0.912 bits per heavy atom. The minimum atomic E-state index is -0.687. The lowest BCUT2D eigenvalue weighted by atomic mass is 10.1. The van der Waals surface area contributed by atoms with Crippen LogP contribution in [0, 0.1) is 10.1 Å². The summed E-state index contributed by atoms with van der Waals surface area (Å²) in [6.07, 6.45) is 0. The number of carbonyl (C=O) groups is 2. The summed E-state index contributed by atoms with van der Waals surface area (Å²) in [7, 11) is 2.94. The Kier molecular flexibility index (Phi) is 7.49. The van der Waals surface area contributed by atoms with Crippen LogP contribution in [0.4, 0.5) is 11.4 Å². The third-order valence-corrected chi connectivity index (χ3v) is 4.50. The van der Waals surface area contributed by atoms with Crippen molar-refractivity contribution in [3.05, 3.63) is 76.3 Å². The van der Waals surface area contributed by atoms with E-state index in [0.717, 1.165) is 6.07 Å². The van der Waals surface area contributed by atoms with Gasteiger partial charge in [0.2, 0.25) is 0 Å². The molecule has 34 heavy (non-hydrogen) atoms. The molecule has 0 fully saturated rings. The number of hydrogen-bond donors (Lipinski definition) is 2. The summed E-state index contributed by atoms with van der Waals surface area (Å²) in [5.41, 5.74) is 5.04. The predicted molar refractivity (Wildman–Crippen MR) is 122 cm³/mol. The van der Waals surface area contributed by atoms with Crippen LogP contribution in [0.1, 0.15) is 10.4 Å². The number of nitrogens with zero attached hydrogens (tertiary/aromatic N) is 1. The number of benzene rings is 3. The number of non-ortho nitro benzene ring substituents is 1. The summed E-state index contributed by atoms with van der Waals surface area (Å²) < 4.78 is 21.4. The molecule has 0 aliphatic carbocycles. The van der Waals surface area contributed by atoms with E-state index >= 15 is 0 Å². The molecule has 0 saturated carbocycles. The fourth-order valence-electron chi connectivity index (χ4n) is 2.88. The number of anilines is 1. The molecular formula is C23H21N3O8. The van der Waals surface area contributed by atoms with Gasteiger partial charge in [-0.05, 0) is 42.5 Å². The standard InChI is InChI=1S/C23H21N3O8/c1-31-16-5-7-17(8-6-16)34-19-10-4-15(26(29)30)12-18(19)23(28)25-14-3-9-20(32-2)21(11-14)33-13-22(24)27/h3-12H,13H2,1-2H3,(H2,24,27)(H,25,28). The van der Waals surface area contributed by atoms with Gasteiger partial charge in [0.25, 0.3) is 17.5 Å². The van der Waals surface area contributed by atoms with Crippen LogP contribution < -0.4 is 30.0 Å². The SMILES string of the molecule is COc1ccc(Oc2ccc([N+](=O)[O-])cc2C(=O)Nc2ccc(OC)c(OCC(N)=O)c2)cc1. The van der Waals surface area contributed by atoms with Crippen LogP contribution in [0.2, 0.25) is 0 Å². The molecule has 3 aromatic rings. The Morgan fingerprint density at radius 2 is 1.59 bits per heavy atom. The molecule has 0 aromatic heterocycles. The zero-order chi connectivity index (χ0) is 24.7. The molecule has 3 rings (SSSR count). The van der Waals surface area contributed by atoms with E-state index in [1.54, 1.807) is 24.3 Å². The number of nitrogens with two attached hydrogens (primary N) is 1. The van der Waals surface area contributed by atoms with Gasteiger partial charge in [0.1, 0.15) is 17.2 Å². The number of carbonyl (C=O) groups excluding carboxylic acids is 2. The van der Waals surface area contributed by atoms with Crippen LogP contribution in [-0.4, -0.2) is 37.6 Å². The van der Waals surface area contributed by atoms with E-state index < -0.39 is 23.3 Å². The topological polar surface area (TPSA) is 152 Å². The van der Waals surface area contributed by atoms with Gasteiger partial charge in [-0.2, -0.15) is 0 Å². The van der Waals surface area contributed by atoms with Crippen molar-refractivity contribution in [2.45, 2.75) is 0 Å². The Labute approximate surface area is 194 Å². The van der Waals surface area contributed by atoms with Gasteiger partial charge >= 0.3 is 0 Å². The fourth-order valence-corrected chi connectivity index (χ4v) is 2.88. The molecule has 176 valence electrons. The minimum Gasteiger partial charge on any atom is -0.497 e. The van der Waals surface area contributed by atoms with E-state index in [1.165, 1.54) is 44.6 Å². The summed E-state index contributed by atoms with van der Waals surface area (Å²) in [6.45, 7) is -0.390. The van der Waals surface area contributed by atoms with Gasteiger partial charge in [0.15, 0.2) is 18.1 Å². The fraction of sp³-hybridized carbons (Fsp3) is 0.130. The maximum absolute atomic E-state index is 13.1. The normalized spacial score (nSPS) is 10.2. The number of nitro groups is 1. The molecule has 0 spiro atoms. The van der Waals surface area contributed by atoms with Crippen LogP contribution in [0.5, 0.6) is 28.7 Å². The lowest BCUT2D eigenvalue weighted by Crippen LogP contribution is -2.20. The van der Waals surface area contributed by atoms with Crippen molar-refractivity contribution in [3.63, 3.8) is 0 Å². The van der Waals surface area contributed by atoms with Crippen molar-refractivity contribution < 1.29 is 33.5 Å². The highest BCUT2D eigenvalue weighted by Crippen LogP contribution is 2.33. The second-order valence-electron chi connectivity index (χ2n) is 6.79. The van der Waals surface area contributed by atoms with E-state index in [1.807, 2.05) is 0 Å². The molecule has 3 aromatic carbocycles. The molecule has 0 atom stereocenters. The van der Waals surface area contributed by atoms with Crippen molar-refractivity contribution in [1.29, 1.82) is 0 Å². The highest BCUT2D eigenvalue weighted by molar-refractivity contribution is 6.06. The molecule has 0 radical (unpaired) electrons. The highest BCUT2D eigenvalue weighted by atomic mass is 16.6. The van der Waals surface area contributed by atoms with Crippen molar-refractivity contribution >= 4 is 23.2 Å².